The lowest BCUT2D eigenvalue weighted by atomic mass is 9.90. The Hall–Kier alpha value is -1.35. The number of rotatable bonds is 3. The zero-order valence-electron chi connectivity index (χ0n) is 11.3. The topological polar surface area (TPSA) is 55.1 Å². The highest BCUT2D eigenvalue weighted by Crippen LogP contribution is 2.25. The van der Waals surface area contributed by atoms with Crippen molar-refractivity contribution in [1.82, 2.24) is 0 Å². The zero-order valence-corrected chi connectivity index (χ0v) is 11.3. The summed E-state index contributed by atoms with van der Waals surface area (Å²) in [6, 6.07) is 6.24. The third-order valence-corrected chi connectivity index (χ3v) is 3.73. The van der Waals surface area contributed by atoms with E-state index in [1.165, 1.54) is 24.0 Å². The van der Waals surface area contributed by atoms with Gasteiger partial charge in [0.1, 0.15) is 0 Å². The molecule has 1 aromatic rings. The first kappa shape index (κ1) is 13.1. The van der Waals surface area contributed by atoms with Crippen LogP contribution < -0.4 is 11.1 Å². The first-order chi connectivity index (χ1) is 8.53. The van der Waals surface area contributed by atoms with E-state index < -0.39 is 5.41 Å². The van der Waals surface area contributed by atoms with Crippen molar-refractivity contribution in [2.75, 3.05) is 11.9 Å². The molecule has 1 aromatic carbocycles. The molecule has 0 aromatic heterocycles. The van der Waals surface area contributed by atoms with Gasteiger partial charge in [-0.1, -0.05) is 6.07 Å². The quantitative estimate of drug-likeness (QED) is 0.861. The maximum absolute atomic E-state index is 12.0. The maximum Gasteiger partial charge on any atom is 0.231 e. The summed E-state index contributed by atoms with van der Waals surface area (Å²) >= 11 is 0. The number of fused-ring (bicyclic) bond motifs is 1. The van der Waals surface area contributed by atoms with E-state index in [0.29, 0.717) is 6.54 Å². The summed E-state index contributed by atoms with van der Waals surface area (Å²) in [5, 5.41) is 2.96. The van der Waals surface area contributed by atoms with Gasteiger partial charge in [0.25, 0.3) is 0 Å². The zero-order chi connectivity index (χ0) is 13.2. The summed E-state index contributed by atoms with van der Waals surface area (Å²) in [5.74, 6) is -0.0132. The number of hydrogen-bond donors (Lipinski definition) is 2. The van der Waals surface area contributed by atoms with Crippen LogP contribution in [0, 0.1) is 5.41 Å². The SMILES string of the molecule is CC(C)(CN)C(=O)Nc1ccc2c(c1)CCCC2. The fourth-order valence-corrected chi connectivity index (χ4v) is 2.20. The van der Waals surface area contributed by atoms with Gasteiger partial charge in [-0.15, -0.1) is 0 Å². The highest BCUT2D eigenvalue weighted by atomic mass is 16.2. The minimum atomic E-state index is -0.518. The van der Waals surface area contributed by atoms with Crippen LogP contribution in [0.5, 0.6) is 0 Å². The van der Waals surface area contributed by atoms with Gasteiger partial charge >= 0.3 is 0 Å². The fourth-order valence-electron chi connectivity index (χ4n) is 2.20. The first-order valence-electron chi connectivity index (χ1n) is 6.66. The van der Waals surface area contributed by atoms with Crippen LogP contribution in [-0.2, 0) is 17.6 Å². The van der Waals surface area contributed by atoms with E-state index in [1.54, 1.807) is 0 Å². The van der Waals surface area contributed by atoms with E-state index in [2.05, 4.69) is 17.4 Å². The molecule has 0 atom stereocenters. The second kappa shape index (κ2) is 5.11. The Labute approximate surface area is 109 Å². The van der Waals surface area contributed by atoms with Gasteiger partial charge in [0.15, 0.2) is 0 Å². The lowest BCUT2D eigenvalue weighted by Crippen LogP contribution is -2.37. The maximum atomic E-state index is 12.0. The number of carbonyl (C=O) groups excluding carboxylic acids is 1. The van der Waals surface area contributed by atoms with Gasteiger partial charge in [0.05, 0.1) is 5.41 Å². The van der Waals surface area contributed by atoms with Crippen LogP contribution in [0.4, 0.5) is 5.69 Å². The fraction of sp³-hybridized carbons (Fsp3) is 0.533. The van der Waals surface area contributed by atoms with Crippen molar-refractivity contribution >= 4 is 11.6 Å². The molecule has 3 heteroatoms. The predicted molar refractivity (Wildman–Crippen MR) is 74.5 cm³/mol. The van der Waals surface area contributed by atoms with Gasteiger partial charge in [0.2, 0.25) is 5.91 Å². The number of carbonyl (C=O) groups is 1. The Bertz CT molecular complexity index is 452. The second-order valence-corrected chi connectivity index (χ2v) is 5.73. The molecular weight excluding hydrogens is 224 g/mol. The van der Waals surface area contributed by atoms with Crippen molar-refractivity contribution in [2.24, 2.45) is 11.1 Å². The Morgan fingerprint density at radius 2 is 1.94 bits per heavy atom. The number of aryl methyl sites for hydroxylation is 2. The van der Waals surface area contributed by atoms with Gasteiger partial charge in [-0.2, -0.15) is 0 Å². The number of amides is 1. The Morgan fingerprint density at radius 1 is 1.28 bits per heavy atom. The van der Waals surface area contributed by atoms with Crippen molar-refractivity contribution in [2.45, 2.75) is 39.5 Å². The predicted octanol–water partition coefficient (Wildman–Crippen LogP) is 2.49. The van der Waals surface area contributed by atoms with E-state index in [4.69, 9.17) is 5.73 Å². The molecule has 18 heavy (non-hydrogen) atoms. The Morgan fingerprint density at radius 3 is 2.61 bits per heavy atom. The average Bonchev–Trinajstić information content (AvgIpc) is 2.38. The molecule has 0 saturated heterocycles. The van der Waals surface area contributed by atoms with Gasteiger partial charge in [-0.3, -0.25) is 4.79 Å². The number of hydrogen-bond acceptors (Lipinski definition) is 2. The number of nitrogens with one attached hydrogen (secondary N) is 1. The molecule has 98 valence electrons. The third kappa shape index (κ3) is 2.72. The first-order valence-corrected chi connectivity index (χ1v) is 6.66. The largest absolute Gasteiger partial charge is 0.329 e. The van der Waals surface area contributed by atoms with Crippen molar-refractivity contribution in [3.05, 3.63) is 29.3 Å². The Kier molecular flexibility index (Phi) is 3.71. The van der Waals surface area contributed by atoms with Crippen LogP contribution in [0.25, 0.3) is 0 Å². The van der Waals surface area contributed by atoms with Crippen molar-refractivity contribution in [3.8, 4) is 0 Å². The molecular formula is C15H22N2O. The van der Waals surface area contributed by atoms with Crippen LogP contribution >= 0.6 is 0 Å². The highest BCUT2D eigenvalue weighted by molar-refractivity contribution is 5.95. The second-order valence-electron chi connectivity index (χ2n) is 5.73. The van der Waals surface area contributed by atoms with Crippen LogP contribution in [0.1, 0.15) is 37.8 Å². The highest BCUT2D eigenvalue weighted by Gasteiger charge is 2.25. The molecule has 0 bridgehead atoms. The normalized spacial score (nSPS) is 15.1. The van der Waals surface area contributed by atoms with E-state index >= 15 is 0 Å². The van der Waals surface area contributed by atoms with E-state index in [1.807, 2.05) is 19.9 Å². The molecule has 1 aliphatic carbocycles. The molecule has 1 amide bonds. The van der Waals surface area contributed by atoms with Gasteiger partial charge < -0.3 is 11.1 Å². The molecule has 3 nitrogen and oxygen atoms in total. The molecule has 0 unspecified atom stereocenters. The average molecular weight is 246 g/mol. The summed E-state index contributed by atoms with van der Waals surface area (Å²) in [5.41, 5.74) is 8.79. The van der Waals surface area contributed by atoms with Crippen LogP contribution in [0.2, 0.25) is 0 Å². The van der Waals surface area contributed by atoms with Gasteiger partial charge in [-0.25, -0.2) is 0 Å². The molecule has 3 N–H and O–H groups in total. The minimum absolute atomic E-state index is 0.0132. The lowest BCUT2D eigenvalue weighted by molar-refractivity contribution is -0.123. The molecule has 0 fully saturated rings. The standard InChI is InChI=1S/C15H22N2O/c1-15(2,10-16)14(18)17-13-8-7-11-5-3-4-6-12(11)9-13/h7-9H,3-6,10,16H2,1-2H3,(H,17,18). The lowest BCUT2D eigenvalue weighted by Gasteiger charge is -2.22. The van der Waals surface area contributed by atoms with Gasteiger partial charge in [-0.05, 0) is 62.8 Å². The van der Waals surface area contributed by atoms with Crippen LogP contribution in [0.15, 0.2) is 18.2 Å². The molecule has 1 aliphatic rings. The minimum Gasteiger partial charge on any atom is -0.329 e. The number of benzene rings is 1. The molecule has 0 heterocycles. The van der Waals surface area contributed by atoms with E-state index in [-0.39, 0.29) is 5.91 Å². The molecule has 2 rings (SSSR count). The van der Waals surface area contributed by atoms with Crippen molar-refractivity contribution in [3.63, 3.8) is 0 Å². The van der Waals surface area contributed by atoms with E-state index in [9.17, 15) is 4.79 Å². The molecule has 0 radical (unpaired) electrons. The summed E-state index contributed by atoms with van der Waals surface area (Å²) in [6.45, 7) is 4.07. The molecule has 0 saturated carbocycles. The summed E-state index contributed by atoms with van der Waals surface area (Å²) in [7, 11) is 0. The van der Waals surface area contributed by atoms with Crippen molar-refractivity contribution < 1.29 is 4.79 Å². The Balaban J connectivity index is 2.13. The van der Waals surface area contributed by atoms with Crippen LogP contribution in [0.3, 0.4) is 0 Å². The molecule has 0 aliphatic heterocycles. The molecule has 0 spiro atoms. The smallest absolute Gasteiger partial charge is 0.231 e. The summed E-state index contributed by atoms with van der Waals surface area (Å²) in [6.07, 6.45) is 4.81. The monoisotopic (exact) mass is 246 g/mol. The number of nitrogens with two attached hydrogens (primary N) is 1. The van der Waals surface area contributed by atoms with Gasteiger partial charge in [0, 0.05) is 12.2 Å². The van der Waals surface area contributed by atoms with E-state index in [0.717, 1.165) is 18.5 Å². The number of anilines is 1. The van der Waals surface area contributed by atoms with Crippen molar-refractivity contribution in [1.29, 1.82) is 0 Å². The summed E-state index contributed by atoms with van der Waals surface area (Å²) in [4.78, 5) is 12.0. The third-order valence-electron chi connectivity index (χ3n) is 3.73. The van der Waals surface area contributed by atoms with Crippen LogP contribution in [-0.4, -0.2) is 12.5 Å². The summed E-state index contributed by atoms with van der Waals surface area (Å²) < 4.78 is 0.